The molecule has 7 nitrogen and oxygen atoms in total. The van der Waals surface area contributed by atoms with Crippen LogP contribution in [0.5, 0.6) is 0 Å². The van der Waals surface area contributed by atoms with Crippen molar-refractivity contribution in [1.82, 2.24) is 0 Å². The van der Waals surface area contributed by atoms with Gasteiger partial charge in [0.1, 0.15) is 31.0 Å². The number of unbranched alkanes of at least 4 members (excludes halogenated alkanes) is 8. The molecule has 0 aliphatic carbocycles. The summed E-state index contributed by atoms with van der Waals surface area (Å²) in [7, 11) is 0. The molecule has 2 fully saturated rings. The van der Waals surface area contributed by atoms with Gasteiger partial charge in [-0.3, -0.25) is 4.79 Å². The van der Waals surface area contributed by atoms with Crippen molar-refractivity contribution in [2.45, 2.75) is 166 Å². The van der Waals surface area contributed by atoms with E-state index in [9.17, 15) is 20.1 Å². The van der Waals surface area contributed by atoms with Crippen molar-refractivity contribution in [3.05, 3.63) is 0 Å². The summed E-state index contributed by atoms with van der Waals surface area (Å²) in [6.45, 7) is 2.08. The van der Waals surface area contributed by atoms with Gasteiger partial charge in [0.2, 0.25) is 0 Å². The van der Waals surface area contributed by atoms with E-state index in [0.717, 1.165) is 51.4 Å². The Balaban J connectivity index is 1.88. The normalized spacial score (nSPS) is 32.1. The second-order valence-electron chi connectivity index (χ2n) is 10.6. The number of carbonyl (C=O) groups is 1. The van der Waals surface area contributed by atoms with Gasteiger partial charge in [0, 0.05) is 6.42 Å². The zero-order valence-electron chi connectivity index (χ0n) is 22.1. The SMILES string of the molecule is CCCCCCCCCCC[C@@H]1CCCCCCCCCC(=O)OC[C@H]2O[C@@H](O1)[C@H](O)[C@@H](O)[C@@H]2O. The molecule has 2 rings (SSSR count). The molecule has 0 unspecified atom stereocenters. The molecule has 0 spiro atoms. The van der Waals surface area contributed by atoms with Crippen LogP contribution in [0.4, 0.5) is 0 Å². The molecular formula is C28H52O7. The van der Waals surface area contributed by atoms with Crippen LogP contribution in [0.2, 0.25) is 0 Å². The molecule has 2 heterocycles. The van der Waals surface area contributed by atoms with Crippen molar-refractivity contribution in [2.24, 2.45) is 0 Å². The molecule has 3 N–H and O–H groups in total. The van der Waals surface area contributed by atoms with Crippen LogP contribution in [0.15, 0.2) is 0 Å². The smallest absolute Gasteiger partial charge is 0.305 e. The molecule has 2 saturated heterocycles. The first-order valence-electron chi connectivity index (χ1n) is 14.5. The Morgan fingerprint density at radius 3 is 2.00 bits per heavy atom. The maximum atomic E-state index is 12.1. The molecule has 2 aliphatic heterocycles. The molecule has 7 heteroatoms. The quantitative estimate of drug-likeness (QED) is 0.281. The van der Waals surface area contributed by atoms with Crippen LogP contribution in [0.3, 0.4) is 0 Å². The molecule has 35 heavy (non-hydrogen) atoms. The number of rotatable bonds is 10. The summed E-state index contributed by atoms with van der Waals surface area (Å²) in [6, 6.07) is 0. The summed E-state index contributed by atoms with van der Waals surface area (Å²) < 4.78 is 17.3. The van der Waals surface area contributed by atoms with Gasteiger partial charge in [0.05, 0.1) is 6.10 Å². The Morgan fingerprint density at radius 1 is 0.714 bits per heavy atom. The molecule has 2 aliphatic rings. The number of carbonyl (C=O) groups excluding carboxylic acids is 1. The van der Waals surface area contributed by atoms with E-state index in [4.69, 9.17) is 14.2 Å². The molecule has 2 bridgehead atoms. The maximum Gasteiger partial charge on any atom is 0.305 e. The second-order valence-corrected chi connectivity index (χ2v) is 10.6. The monoisotopic (exact) mass is 500 g/mol. The van der Waals surface area contributed by atoms with Crippen molar-refractivity contribution < 1.29 is 34.3 Å². The van der Waals surface area contributed by atoms with Crippen LogP contribution in [-0.2, 0) is 19.0 Å². The van der Waals surface area contributed by atoms with Crippen LogP contribution in [-0.4, -0.2) is 64.7 Å². The molecule has 0 aromatic rings. The molecule has 0 aromatic heterocycles. The zero-order chi connectivity index (χ0) is 25.3. The average Bonchev–Trinajstić information content (AvgIpc) is 2.85. The lowest BCUT2D eigenvalue weighted by molar-refractivity contribution is -0.312. The minimum absolute atomic E-state index is 0.0690. The Bertz CT molecular complexity index is 543. The summed E-state index contributed by atoms with van der Waals surface area (Å²) in [6.07, 6.45) is 14.8. The maximum absolute atomic E-state index is 12.1. The van der Waals surface area contributed by atoms with Crippen LogP contribution < -0.4 is 0 Å². The van der Waals surface area contributed by atoms with Crippen LogP contribution in [0.25, 0.3) is 0 Å². The summed E-state index contributed by atoms with van der Waals surface area (Å²) in [5, 5.41) is 31.2. The first-order valence-corrected chi connectivity index (χ1v) is 14.5. The van der Waals surface area contributed by atoms with Gasteiger partial charge in [0.25, 0.3) is 0 Å². The minimum Gasteiger partial charge on any atom is -0.463 e. The van der Waals surface area contributed by atoms with E-state index in [1.807, 2.05) is 0 Å². The fraction of sp³-hybridized carbons (Fsp3) is 0.964. The Morgan fingerprint density at radius 2 is 1.31 bits per heavy atom. The number of aliphatic hydroxyl groups is 3. The van der Waals surface area contributed by atoms with Crippen molar-refractivity contribution in [2.75, 3.05) is 6.61 Å². The fourth-order valence-electron chi connectivity index (χ4n) is 5.09. The van der Waals surface area contributed by atoms with E-state index in [-0.39, 0.29) is 18.7 Å². The average molecular weight is 501 g/mol. The van der Waals surface area contributed by atoms with Crippen molar-refractivity contribution in [3.63, 3.8) is 0 Å². The molecule has 0 radical (unpaired) electrons. The number of hydrogen-bond acceptors (Lipinski definition) is 7. The molecule has 0 amide bonds. The highest BCUT2D eigenvalue weighted by atomic mass is 16.7. The number of cyclic esters (lactones) is 1. The standard InChI is InChI=1S/C28H52O7/c1-2-3-4-5-6-7-9-12-15-18-22-19-16-13-10-8-11-14-17-20-24(29)33-21-23-25(30)26(31)27(32)28(34-22)35-23/h22-23,25-28,30-32H,2-21H2,1H3/t22-,23-,25-,26+,27-,28-/m1/s1. The van der Waals surface area contributed by atoms with Gasteiger partial charge in [-0.15, -0.1) is 0 Å². The second kappa shape index (κ2) is 18.5. The minimum atomic E-state index is -1.41. The predicted octanol–water partition coefficient (Wildman–Crippen LogP) is 5.17. The van der Waals surface area contributed by atoms with E-state index < -0.39 is 30.7 Å². The van der Waals surface area contributed by atoms with Gasteiger partial charge in [-0.05, 0) is 19.3 Å². The largest absolute Gasteiger partial charge is 0.463 e. The van der Waals surface area contributed by atoms with E-state index in [1.54, 1.807) is 0 Å². The lowest BCUT2D eigenvalue weighted by Crippen LogP contribution is -2.60. The van der Waals surface area contributed by atoms with Crippen LogP contribution >= 0.6 is 0 Å². The number of esters is 1. The Hall–Kier alpha value is -0.730. The number of ether oxygens (including phenoxy) is 3. The van der Waals surface area contributed by atoms with Crippen molar-refractivity contribution in [3.8, 4) is 0 Å². The Kier molecular flexibility index (Phi) is 16.1. The summed E-state index contributed by atoms with van der Waals surface area (Å²) in [4.78, 5) is 12.1. The van der Waals surface area contributed by atoms with Gasteiger partial charge in [-0.25, -0.2) is 0 Å². The highest BCUT2D eigenvalue weighted by molar-refractivity contribution is 5.69. The van der Waals surface area contributed by atoms with Gasteiger partial charge < -0.3 is 29.5 Å². The highest BCUT2D eigenvalue weighted by Crippen LogP contribution is 2.27. The van der Waals surface area contributed by atoms with Gasteiger partial charge in [-0.1, -0.05) is 103 Å². The summed E-state index contributed by atoms with van der Waals surface area (Å²) in [5.41, 5.74) is 0. The van der Waals surface area contributed by atoms with Gasteiger partial charge in [-0.2, -0.15) is 0 Å². The van der Waals surface area contributed by atoms with Gasteiger partial charge in [0.15, 0.2) is 6.29 Å². The lowest BCUT2D eigenvalue weighted by atomic mass is 9.98. The van der Waals surface area contributed by atoms with E-state index >= 15 is 0 Å². The third kappa shape index (κ3) is 12.4. The molecule has 6 atom stereocenters. The first-order chi connectivity index (χ1) is 17.0. The molecule has 0 saturated carbocycles. The Labute approximate surface area is 212 Å². The summed E-state index contributed by atoms with van der Waals surface area (Å²) >= 11 is 0. The number of aliphatic hydroxyl groups excluding tert-OH is 3. The summed E-state index contributed by atoms with van der Waals surface area (Å²) in [5.74, 6) is -0.327. The highest BCUT2D eigenvalue weighted by Gasteiger charge is 2.45. The van der Waals surface area contributed by atoms with Gasteiger partial charge >= 0.3 is 5.97 Å². The number of fused-ring (bicyclic) bond motifs is 2. The van der Waals surface area contributed by atoms with Crippen LogP contribution in [0.1, 0.15) is 129 Å². The van der Waals surface area contributed by atoms with E-state index in [1.165, 1.54) is 64.2 Å². The lowest BCUT2D eigenvalue weighted by Gasteiger charge is -2.41. The topological polar surface area (TPSA) is 105 Å². The third-order valence-corrected chi connectivity index (χ3v) is 7.44. The van der Waals surface area contributed by atoms with Crippen molar-refractivity contribution >= 4 is 5.97 Å². The molecule has 0 aromatic carbocycles. The predicted molar refractivity (Wildman–Crippen MR) is 136 cm³/mol. The zero-order valence-corrected chi connectivity index (χ0v) is 22.1. The fourth-order valence-corrected chi connectivity index (χ4v) is 5.09. The van der Waals surface area contributed by atoms with Crippen LogP contribution in [0, 0.1) is 0 Å². The van der Waals surface area contributed by atoms with E-state index in [2.05, 4.69) is 6.92 Å². The molecule has 206 valence electrons. The first kappa shape index (κ1) is 30.5. The third-order valence-electron chi connectivity index (χ3n) is 7.44. The number of hydrogen-bond donors (Lipinski definition) is 3. The molecular weight excluding hydrogens is 448 g/mol. The van der Waals surface area contributed by atoms with Crippen molar-refractivity contribution in [1.29, 1.82) is 0 Å². The van der Waals surface area contributed by atoms with E-state index in [0.29, 0.717) is 6.42 Å².